The minimum absolute atomic E-state index is 0.0101. The van der Waals surface area contributed by atoms with Crippen molar-refractivity contribution in [3.63, 3.8) is 0 Å². The highest BCUT2D eigenvalue weighted by atomic mass is 16.5. The molecule has 1 unspecified atom stereocenters. The second-order valence-corrected chi connectivity index (χ2v) is 5.87. The Morgan fingerprint density at radius 3 is 2.86 bits per heavy atom. The number of nitrogens with zero attached hydrogens (tertiary/aromatic N) is 3. The monoisotopic (exact) mass is 307 g/mol. The number of hydrogen-bond acceptors (Lipinski definition) is 5. The predicted molar refractivity (Wildman–Crippen MR) is 84.0 cm³/mol. The fourth-order valence-electron chi connectivity index (χ4n) is 2.73. The van der Waals surface area contributed by atoms with Gasteiger partial charge in [0.2, 0.25) is 0 Å². The number of rotatable bonds is 4. The molecule has 0 N–H and O–H groups in total. The van der Waals surface area contributed by atoms with Gasteiger partial charge in [-0.2, -0.15) is 0 Å². The van der Waals surface area contributed by atoms with Crippen LogP contribution in [0, 0.1) is 13.8 Å². The maximum Gasteiger partial charge on any atom is 0.252 e. The van der Waals surface area contributed by atoms with E-state index < -0.39 is 6.10 Å². The highest BCUT2D eigenvalue weighted by Crippen LogP contribution is 2.25. The number of pyridine rings is 1. The molecular weight excluding hydrogens is 282 g/mol. The molecule has 1 fully saturated rings. The van der Waals surface area contributed by atoms with E-state index in [0.29, 0.717) is 19.7 Å². The van der Waals surface area contributed by atoms with Crippen molar-refractivity contribution in [3.05, 3.63) is 23.0 Å². The van der Waals surface area contributed by atoms with Crippen molar-refractivity contribution in [3.8, 4) is 5.75 Å². The minimum Gasteiger partial charge on any atom is -0.496 e. The van der Waals surface area contributed by atoms with Crippen LogP contribution >= 0.6 is 0 Å². The molecule has 0 aromatic carbocycles. The Morgan fingerprint density at radius 1 is 1.50 bits per heavy atom. The van der Waals surface area contributed by atoms with Gasteiger partial charge in [-0.25, -0.2) is 0 Å². The maximum absolute atomic E-state index is 12.0. The Balaban J connectivity index is 2.09. The molecular formula is C16H25N3O3. The third kappa shape index (κ3) is 3.56. The van der Waals surface area contributed by atoms with E-state index in [1.807, 2.05) is 20.0 Å². The molecule has 0 saturated carbocycles. The standard InChI is InChI=1S/C16H25N3O3/c1-11-8-17-13(12(2)15(11)21-5)9-19-6-7-22-14(10-19)16(20)18(3)4/h8,14H,6-7,9-10H2,1-5H3. The molecule has 1 saturated heterocycles. The summed E-state index contributed by atoms with van der Waals surface area (Å²) >= 11 is 0. The van der Waals surface area contributed by atoms with Crippen molar-refractivity contribution in [2.45, 2.75) is 26.5 Å². The Hall–Kier alpha value is -1.66. The SMILES string of the molecule is COc1c(C)cnc(CN2CCOC(C(=O)N(C)C)C2)c1C. The summed E-state index contributed by atoms with van der Waals surface area (Å²) in [4.78, 5) is 20.4. The summed E-state index contributed by atoms with van der Waals surface area (Å²) in [5, 5.41) is 0. The maximum atomic E-state index is 12.0. The fraction of sp³-hybridized carbons (Fsp3) is 0.625. The van der Waals surface area contributed by atoms with Gasteiger partial charge in [0.1, 0.15) is 11.9 Å². The molecule has 0 spiro atoms. The highest BCUT2D eigenvalue weighted by molar-refractivity contribution is 5.80. The van der Waals surface area contributed by atoms with Crippen molar-refractivity contribution in [2.75, 3.05) is 40.9 Å². The van der Waals surface area contributed by atoms with E-state index in [1.165, 1.54) is 0 Å². The molecule has 122 valence electrons. The Bertz CT molecular complexity index is 546. The van der Waals surface area contributed by atoms with Crippen molar-refractivity contribution in [1.29, 1.82) is 0 Å². The van der Waals surface area contributed by atoms with Gasteiger partial charge in [-0.05, 0) is 13.8 Å². The zero-order valence-electron chi connectivity index (χ0n) is 14.0. The molecule has 1 aromatic heterocycles. The second-order valence-electron chi connectivity index (χ2n) is 5.87. The van der Waals surface area contributed by atoms with Crippen molar-refractivity contribution >= 4 is 5.91 Å². The minimum atomic E-state index is -0.392. The first-order valence-corrected chi connectivity index (χ1v) is 7.48. The van der Waals surface area contributed by atoms with Gasteiger partial charge in [-0.15, -0.1) is 0 Å². The molecule has 1 aliphatic heterocycles. The van der Waals surface area contributed by atoms with Gasteiger partial charge in [0.15, 0.2) is 0 Å². The summed E-state index contributed by atoms with van der Waals surface area (Å²) in [7, 11) is 5.18. The van der Waals surface area contributed by atoms with Gasteiger partial charge in [-0.1, -0.05) is 0 Å². The second kappa shape index (κ2) is 7.07. The lowest BCUT2D eigenvalue weighted by Crippen LogP contribution is -2.49. The molecule has 1 atom stereocenters. The van der Waals surface area contributed by atoms with Crippen LogP contribution in [0.4, 0.5) is 0 Å². The summed E-state index contributed by atoms with van der Waals surface area (Å²) in [6, 6.07) is 0. The van der Waals surface area contributed by atoms with Gasteiger partial charge in [0.25, 0.3) is 5.91 Å². The van der Waals surface area contributed by atoms with Gasteiger partial charge in [0.05, 0.1) is 19.4 Å². The number of aromatic nitrogens is 1. The molecule has 6 heteroatoms. The van der Waals surface area contributed by atoms with Crippen LogP contribution in [0.5, 0.6) is 5.75 Å². The molecule has 1 amide bonds. The molecule has 2 rings (SSSR count). The Kier molecular flexibility index (Phi) is 5.37. The van der Waals surface area contributed by atoms with Crippen LogP contribution in [0.1, 0.15) is 16.8 Å². The van der Waals surface area contributed by atoms with E-state index >= 15 is 0 Å². The normalized spacial score (nSPS) is 19.0. The zero-order chi connectivity index (χ0) is 16.3. The van der Waals surface area contributed by atoms with Gasteiger partial charge >= 0.3 is 0 Å². The first-order chi connectivity index (χ1) is 10.4. The first-order valence-electron chi connectivity index (χ1n) is 7.48. The number of hydrogen-bond donors (Lipinski definition) is 0. The number of methoxy groups -OCH3 is 1. The van der Waals surface area contributed by atoms with Gasteiger partial charge in [-0.3, -0.25) is 14.7 Å². The number of amides is 1. The van der Waals surface area contributed by atoms with Crippen LogP contribution in [0.2, 0.25) is 0 Å². The number of carbonyl (C=O) groups excluding carboxylic acids is 1. The smallest absolute Gasteiger partial charge is 0.252 e. The lowest BCUT2D eigenvalue weighted by molar-refractivity contribution is -0.147. The summed E-state index contributed by atoms with van der Waals surface area (Å²) < 4.78 is 11.0. The average molecular weight is 307 g/mol. The number of aryl methyl sites for hydroxylation is 1. The molecule has 0 radical (unpaired) electrons. The van der Waals surface area contributed by atoms with Gasteiger partial charge < -0.3 is 14.4 Å². The van der Waals surface area contributed by atoms with E-state index in [9.17, 15) is 4.79 Å². The predicted octanol–water partition coefficient (Wildman–Crippen LogP) is 0.996. The van der Waals surface area contributed by atoms with Crippen molar-refractivity contribution in [1.82, 2.24) is 14.8 Å². The topological polar surface area (TPSA) is 54.9 Å². The van der Waals surface area contributed by atoms with Crippen LogP contribution in [-0.2, 0) is 16.1 Å². The van der Waals surface area contributed by atoms with E-state index in [1.54, 1.807) is 26.1 Å². The van der Waals surface area contributed by atoms with Crippen LogP contribution in [0.15, 0.2) is 6.20 Å². The Labute approximate surface area is 132 Å². The van der Waals surface area contributed by atoms with E-state index in [2.05, 4.69) is 9.88 Å². The quantitative estimate of drug-likeness (QED) is 0.830. The third-order valence-corrected chi connectivity index (χ3v) is 3.99. The number of ether oxygens (including phenoxy) is 2. The van der Waals surface area contributed by atoms with E-state index in [0.717, 1.165) is 29.1 Å². The largest absolute Gasteiger partial charge is 0.496 e. The molecule has 1 aromatic rings. The lowest BCUT2D eigenvalue weighted by atomic mass is 10.1. The molecule has 0 aliphatic carbocycles. The van der Waals surface area contributed by atoms with Crippen molar-refractivity contribution < 1.29 is 14.3 Å². The Morgan fingerprint density at radius 2 is 2.23 bits per heavy atom. The zero-order valence-corrected chi connectivity index (χ0v) is 14.0. The first kappa shape index (κ1) is 16.7. The molecule has 6 nitrogen and oxygen atoms in total. The average Bonchev–Trinajstić information content (AvgIpc) is 2.50. The van der Waals surface area contributed by atoms with Gasteiger partial charge in [0, 0.05) is 51.1 Å². The summed E-state index contributed by atoms with van der Waals surface area (Å²) in [5.41, 5.74) is 3.08. The third-order valence-electron chi connectivity index (χ3n) is 3.99. The number of carbonyl (C=O) groups is 1. The molecule has 1 aliphatic rings. The van der Waals surface area contributed by atoms with E-state index in [4.69, 9.17) is 9.47 Å². The molecule has 22 heavy (non-hydrogen) atoms. The number of morpholine rings is 1. The van der Waals surface area contributed by atoms with Crippen LogP contribution in [-0.4, -0.2) is 67.7 Å². The lowest BCUT2D eigenvalue weighted by Gasteiger charge is -2.33. The summed E-state index contributed by atoms with van der Waals surface area (Å²) in [6.45, 7) is 6.67. The van der Waals surface area contributed by atoms with E-state index in [-0.39, 0.29) is 5.91 Å². The highest BCUT2D eigenvalue weighted by Gasteiger charge is 2.28. The summed E-state index contributed by atoms with van der Waals surface area (Å²) in [5.74, 6) is 0.898. The van der Waals surface area contributed by atoms with Crippen LogP contribution in [0.3, 0.4) is 0 Å². The summed E-state index contributed by atoms with van der Waals surface area (Å²) in [6.07, 6.45) is 1.45. The van der Waals surface area contributed by atoms with Crippen LogP contribution in [0.25, 0.3) is 0 Å². The molecule has 0 bridgehead atoms. The van der Waals surface area contributed by atoms with Crippen molar-refractivity contribution in [2.24, 2.45) is 0 Å². The fourth-order valence-corrected chi connectivity index (χ4v) is 2.73. The number of likely N-dealkylation sites (N-methyl/N-ethyl adjacent to an activating group) is 1. The molecule has 2 heterocycles. The van der Waals surface area contributed by atoms with Crippen LogP contribution < -0.4 is 4.74 Å².